The molecule has 1 atom stereocenters. The number of carbonyl (C=O) groups excluding carboxylic acids is 1. The third-order valence-electron chi connectivity index (χ3n) is 4.48. The van der Waals surface area contributed by atoms with E-state index < -0.39 is 0 Å². The largest absolute Gasteiger partial charge is 0.384 e. The van der Waals surface area contributed by atoms with Crippen LogP contribution in [0, 0.1) is 11.3 Å². The van der Waals surface area contributed by atoms with Crippen molar-refractivity contribution in [3.63, 3.8) is 0 Å². The second-order valence-electron chi connectivity index (χ2n) is 6.41. The molecule has 1 unspecified atom stereocenters. The first kappa shape index (κ1) is 15.5. The van der Waals surface area contributed by atoms with Gasteiger partial charge in [0.25, 0.3) is 0 Å². The molecule has 122 valence electrons. The third kappa shape index (κ3) is 3.36. The molecule has 0 aromatic heterocycles. The summed E-state index contributed by atoms with van der Waals surface area (Å²) in [6, 6.07) is 5.63. The highest BCUT2D eigenvalue weighted by molar-refractivity contribution is 6.01. The Morgan fingerprint density at radius 1 is 1.48 bits per heavy atom. The average molecular weight is 313 g/mol. The predicted molar refractivity (Wildman–Crippen MR) is 91.9 cm³/mol. The number of nitrogens with two attached hydrogens (primary N) is 1. The first-order chi connectivity index (χ1) is 11.0. The van der Waals surface area contributed by atoms with Crippen molar-refractivity contribution in [1.82, 2.24) is 4.90 Å². The van der Waals surface area contributed by atoms with Gasteiger partial charge in [-0.1, -0.05) is 12.1 Å². The van der Waals surface area contributed by atoms with E-state index in [4.69, 9.17) is 11.1 Å². The molecule has 0 bridgehead atoms. The zero-order chi connectivity index (χ0) is 16.6. The molecule has 23 heavy (non-hydrogen) atoms. The number of carbonyl (C=O) groups is 1. The molecule has 0 saturated heterocycles. The van der Waals surface area contributed by atoms with E-state index in [1.807, 2.05) is 18.2 Å². The minimum Gasteiger partial charge on any atom is -0.384 e. The van der Waals surface area contributed by atoms with Crippen LogP contribution in [0.15, 0.2) is 23.2 Å². The van der Waals surface area contributed by atoms with Gasteiger partial charge in [0, 0.05) is 30.6 Å². The Morgan fingerprint density at radius 3 is 2.83 bits per heavy atom. The Balaban J connectivity index is 1.88. The number of hydrogen-bond donors (Lipinski definition) is 3. The predicted octanol–water partition coefficient (Wildman–Crippen LogP) is 2.11. The first-order valence-corrected chi connectivity index (χ1v) is 7.99. The molecule has 2 aliphatic rings. The molecule has 0 spiro atoms. The van der Waals surface area contributed by atoms with Crippen molar-refractivity contribution in [3.05, 3.63) is 29.3 Å². The molecular formula is C17H23N5O. The van der Waals surface area contributed by atoms with Gasteiger partial charge in [-0.2, -0.15) is 0 Å². The van der Waals surface area contributed by atoms with Gasteiger partial charge in [0.05, 0.1) is 12.5 Å². The maximum absolute atomic E-state index is 12.0. The van der Waals surface area contributed by atoms with E-state index in [1.165, 1.54) is 17.7 Å². The van der Waals surface area contributed by atoms with Gasteiger partial charge in [-0.15, -0.1) is 0 Å². The summed E-state index contributed by atoms with van der Waals surface area (Å²) in [6.07, 6.45) is 2.87. The van der Waals surface area contributed by atoms with E-state index in [2.05, 4.69) is 10.3 Å². The molecule has 3 rings (SSSR count). The van der Waals surface area contributed by atoms with Crippen LogP contribution in [-0.2, 0) is 4.79 Å². The Hall–Kier alpha value is -2.37. The number of nitrogens with zero attached hydrogens (tertiary/aromatic N) is 2. The second-order valence-corrected chi connectivity index (χ2v) is 6.41. The van der Waals surface area contributed by atoms with Crippen LogP contribution in [0.3, 0.4) is 0 Å². The molecule has 1 aliphatic heterocycles. The fourth-order valence-corrected chi connectivity index (χ4v) is 2.73. The minimum atomic E-state index is -0.250. The Kier molecular flexibility index (Phi) is 4.07. The summed E-state index contributed by atoms with van der Waals surface area (Å²) in [7, 11) is 1.64. The van der Waals surface area contributed by atoms with Gasteiger partial charge in [0.2, 0.25) is 5.91 Å². The monoisotopic (exact) mass is 313 g/mol. The summed E-state index contributed by atoms with van der Waals surface area (Å²) in [5.74, 6) is 0.976. The lowest BCUT2D eigenvalue weighted by Crippen LogP contribution is -2.42. The number of nitrogens with one attached hydrogen (secondary N) is 2. The molecule has 1 saturated carbocycles. The number of rotatable bonds is 5. The van der Waals surface area contributed by atoms with Crippen molar-refractivity contribution in [3.8, 4) is 0 Å². The van der Waals surface area contributed by atoms with Gasteiger partial charge < -0.3 is 16.5 Å². The zero-order valence-electron chi connectivity index (χ0n) is 13.6. The fourth-order valence-electron chi connectivity index (χ4n) is 2.73. The summed E-state index contributed by atoms with van der Waals surface area (Å²) in [6.45, 7) is 2.72. The van der Waals surface area contributed by atoms with Gasteiger partial charge in [-0.05, 0) is 37.3 Å². The molecule has 1 fully saturated rings. The van der Waals surface area contributed by atoms with Crippen LogP contribution in [0.2, 0.25) is 0 Å². The average Bonchev–Trinajstić information content (AvgIpc) is 3.34. The summed E-state index contributed by atoms with van der Waals surface area (Å²) in [4.78, 5) is 17.8. The lowest BCUT2D eigenvalue weighted by molar-refractivity contribution is -0.127. The smallest absolute Gasteiger partial charge is 0.231 e. The molecule has 1 aliphatic carbocycles. The van der Waals surface area contributed by atoms with Gasteiger partial charge in [0.15, 0.2) is 5.96 Å². The van der Waals surface area contributed by atoms with Crippen LogP contribution in [0.1, 0.15) is 43.4 Å². The first-order valence-electron chi connectivity index (χ1n) is 7.99. The van der Waals surface area contributed by atoms with Crippen molar-refractivity contribution in [2.75, 3.05) is 18.9 Å². The van der Waals surface area contributed by atoms with E-state index in [-0.39, 0.29) is 17.9 Å². The highest BCUT2D eigenvalue weighted by Gasteiger charge is 2.26. The van der Waals surface area contributed by atoms with Crippen molar-refractivity contribution >= 4 is 23.3 Å². The standard InChI is InChI=1S/C17H23N5O/c1-10(18)13-6-5-12(7-15(13)20-9-11-3-4-11)14-8-16(23)22(2)17(19)21-14/h5-7,11,14,18,20H,3-4,8-9H2,1-2H3,(H2,19,21). The van der Waals surface area contributed by atoms with Crippen LogP contribution in [-0.4, -0.2) is 36.1 Å². The van der Waals surface area contributed by atoms with Crippen LogP contribution in [0.25, 0.3) is 0 Å². The number of anilines is 1. The number of hydrogen-bond acceptors (Lipinski definition) is 5. The lowest BCUT2D eigenvalue weighted by atomic mass is 9.98. The molecule has 6 nitrogen and oxygen atoms in total. The fraction of sp³-hybridized carbons (Fsp3) is 0.471. The Bertz CT molecular complexity index is 678. The van der Waals surface area contributed by atoms with Crippen LogP contribution in [0.4, 0.5) is 5.69 Å². The molecule has 1 aromatic rings. The van der Waals surface area contributed by atoms with E-state index in [1.54, 1.807) is 14.0 Å². The van der Waals surface area contributed by atoms with Crippen molar-refractivity contribution in [2.24, 2.45) is 16.6 Å². The summed E-state index contributed by atoms with van der Waals surface area (Å²) in [5, 5.41) is 11.4. The maximum Gasteiger partial charge on any atom is 0.231 e. The number of guanidine groups is 1. The topological polar surface area (TPSA) is 94.6 Å². The highest BCUT2D eigenvalue weighted by atomic mass is 16.2. The van der Waals surface area contributed by atoms with Crippen molar-refractivity contribution < 1.29 is 4.79 Å². The van der Waals surface area contributed by atoms with Gasteiger partial charge in [-0.25, -0.2) is 4.99 Å². The molecule has 4 N–H and O–H groups in total. The minimum absolute atomic E-state index is 0.0256. The highest BCUT2D eigenvalue weighted by Crippen LogP contribution is 2.32. The zero-order valence-corrected chi connectivity index (χ0v) is 13.6. The molecule has 1 heterocycles. The Morgan fingerprint density at radius 2 is 2.22 bits per heavy atom. The number of amides is 1. The third-order valence-corrected chi connectivity index (χ3v) is 4.48. The van der Waals surface area contributed by atoms with Crippen molar-refractivity contribution in [2.45, 2.75) is 32.2 Å². The van der Waals surface area contributed by atoms with Crippen LogP contribution < -0.4 is 11.1 Å². The van der Waals surface area contributed by atoms with Gasteiger partial charge in [-0.3, -0.25) is 9.69 Å². The van der Waals surface area contributed by atoms with Crippen LogP contribution >= 0.6 is 0 Å². The molecule has 1 amide bonds. The van der Waals surface area contributed by atoms with Crippen LogP contribution in [0.5, 0.6) is 0 Å². The van der Waals surface area contributed by atoms with E-state index in [0.717, 1.165) is 29.3 Å². The summed E-state index contributed by atoms with van der Waals surface area (Å²) < 4.78 is 0. The normalized spacial score (nSPS) is 21.1. The summed E-state index contributed by atoms with van der Waals surface area (Å²) >= 11 is 0. The maximum atomic E-state index is 12.0. The van der Waals surface area contributed by atoms with Crippen molar-refractivity contribution in [1.29, 1.82) is 5.41 Å². The number of benzene rings is 1. The second kappa shape index (κ2) is 6.02. The Labute approximate surface area is 136 Å². The molecule has 0 radical (unpaired) electrons. The molecule has 1 aromatic carbocycles. The van der Waals surface area contributed by atoms with E-state index in [9.17, 15) is 4.79 Å². The van der Waals surface area contributed by atoms with E-state index in [0.29, 0.717) is 12.1 Å². The van der Waals surface area contributed by atoms with Gasteiger partial charge >= 0.3 is 0 Å². The summed E-state index contributed by atoms with van der Waals surface area (Å²) in [5.41, 5.74) is 9.15. The van der Waals surface area contributed by atoms with E-state index >= 15 is 0 Å². The lowest BCUT2D eigenvalue weighted by Gasteiger charge is -2.26. The quantitative estimate of drug-likeness (QED) is 0.727. The van der Waals surface area contributed by atoms with Gasteiger partial charge in [0.1, 0.15) is 0 Å². The molecule has 6 heteroatoms. The number of aliphatic imine (C=N–C) groups is 1. The molecular weight excluding hydrogens is 290 g/mol. The SMILES string of the molecule is CC(=N)c1ccc(C2CC(=O)N(C)C(N)=N2)cc1NCC1CC1.